The zero-order valence-corrected chi connectivity index (χ0v) is 14.5. The zero-order chi connectivity index (χ0) is 15.6. The summed E-state index contributed by atoms with van der Waals surface area (Å²) < 4.78 is 0. The van der Waals surface area contributed by atoms with Gasteiger partial charge in [-0.15, -0.1) is 0 Å². The maximum Gasteiger partial charge on any atom is 0.0319 e. The molecule has 3 saturated carbocycles. The van der Waals surface area contributed by atoms with E-state index < -0.39 is 0 Å². The highest BCUT2D eigenvalue weighted by Gasteiger charge is 2.47. The van der Waals surface area contributed by atoms with Crippen LogP contribution in [0.1, 0.15) is 96.3 Å². The summed E-state index contributed by atoms with van der Waals surface area (Å²) in [7, 11) is 2.00. The lowest BCUT2D eigenvalue weighted by molar-refractivity contribution is 0.141. The normalized spacial score (nSPS) is 26.9. The topological polar surface area (TPSA) is 40.5 Å². The van der Waals surface area contributed by atoms with Crippen LogP contribution in [0.4, 0.5) is 0 Å². The van der Waals surface area contributed by atoms with Crippen molar-refractivity contribution in [3.63, 3.8) is 0 Å². The number of hydrogen-bond donors (Lipinski definition) is 2. The number of hydrogen-bond acceptors (Lipinski definition) is 2. The van der Waals surface area contributed by atoms with Crippen molar-refractivity contribution in [3.8, 4) is 0 Å². The van der Waals surface area contributed by atoms with Crippen molar-refractivity contribution >= 4 is 0 Å². The van der Waals surface area contributed by atoms with E-state index in [1.54, 1.807) is 44.9 Å². The molecule has 0 aromatic rings. The molecular formula is C19H38O2. The highest BCUT2D eigenvalue weighted by atomic mass is 16.2. The van der Waals surface area contributed by atoms with Crippen LogP contribution in [-0.4, -0.2) is 24.4 Å². The van der Waals surface area contributed by atoms with E-state index in [0.717, 1.165) is 25.0 Å². The number of aliphatic hydroxyl groups is 2. The van der Waals surface area contributed by atoms with Gasteiger partial charge in [-0.25, -0.2) is 0 Å². The quantitative estimate of drug-likeness (QED) is 0.655. The molecule has 0 radical (unpaired) electrons. The molecule has 0 bridgehead atoms. The number of rotatable bonds is 0. The van der Waals surface area contributed by atoms with Gasteiger partial charge in [-0.3, -0.25) is 0 Å². The van der Waals surface area contributed by atoms with Gasteiger partial charge in [0, 0.05) is 14.2 Å². The second kappa shape index (κ2) is 9.84. The van der Waals surface area contributed by atoms with Gasteiger partial charge in [0.05, 0.1) is 0 Å². The monoisotopic (exact) mass is 298 g/mol. The summed E-state index contributed by atoms with van der Waals surface area (Å²) >= 11 is 0. The molecule has 2 spiro atoms. The SMILES string of the molecule is C1CCCC2(CCC1)CCC1(CCCCC1)C2.CO.CO. The van der Waals surface area contributed by atoms with Crippen LogP contribution in [-0.2, 0) is 0 Å². The molecule has 126 valence electrons. The first-order chi connectivity index (χ1) is 10.3. The van der Waals surface area contributed by atoms with Crippen LogP contribution >= 0.6 is 0 Å². The zero-order valence-electron chi connectivity index (χ0n) is 14.5. The molecule has 3 rings (SSSR count). The molecule has 3 aliphatic rings. The van der Waals surface area contributed by atoms with Crippen LogP contribution in [0, 0.1) is 10.8 Å². The third kappa shape index (κ3) is 5.25. The minimum absolute atomic E-state index is 0.817. The summed E-state index contributed by atoms with van der Waals surface area (Å²) in [5.74, 6) is 0. The maximum atomic E-state index is 7.00. The van der Waals surface area contributed by atoms with Gasteiger partial charge >= 0.3 is 0 Å². The van der Waals surface area contributed by atoms with Crippen molar-refractivity contribution in [2.75, 3.05) is 14.2 Å². The molecule has 3 fully saturated rings. The highest BCUT2D eigenvalue weighted by Crippen LogP contribution is 2.60. The Bertz CT molecular complexity index is 248. The van der Waals surface area contributed by atoms with Crippen LogP contribution in [0.15, 0.2) is 0 Å². The molecule has 2 heteroatoms. The standard InChI is InChI=1S/C17H30.2CH4O/c1-2-5-9-16(10-6-3-1)13-14-17(15-16)11-7-4-8-12-17;2*1-2/h1-15H2;2*2H,1H3. The third-order valence-corrected chi connectivity index (χ3v) is 6.26. The van der Waals surface area contributed by atoms with Gasteiger partial charge in [0.2, 0.25) is 0 Å². The Hall–Kier alpha value is -0.0800. The maximum absolute atomic E-state index is 7.00. The van der Waals surface area contributed by atoms with E-state index in [1.807, 2.05) is 0 Å². The molecule has 3 aliphatic carbocycles. The molecule has 21 heavy (non-hydrogen) atoms. The van der Waals surface area contributed by atoms with Crippen molar-refractivity contribution in [1.29, 1.82) is 0 Å². The van der Waals surface area contributed by atoms with Crippen LogP contribution in [0.25, 0.3) is 0 Å². The van der Waals surface area contributed by atoms with E-state index in [4.69, 9.17) is 10.2 Å². The predicted molar refractivity (Wildman–Crippen MR) is 90.4 cm³/mol. The minimum atomic E-state index is 0.817. The molecule has 0 atom stereocenters. The molecule has 0 aliphatic heterocycles. The van der Waals surface area contributed by atoms with Crippen molar-refractivity contribution in [1.82, 2.24) is 0 Å². The lowest BCUT2D eigenvalue weighted by atomic mass is 9.68. The fourth-order valence-corrected chi connectivity index (χ4v) is 5.31. The smallest absolute Gasteiger partial charge is 0.0319 e. The predicted octanol–water partition coefficient (Wildman–Crippen LogP) is 5.07. The van der Waals surface area contributed by atoms with Crippen molar-refractivity contribution in [3.05, 3.63) is 0 Å². The van der Waals surface area contributed by atoms with Gasteiger partial charge in [0.25, 0.3) is 0 Å². The first-order valence-corrected chi connectivity index (χ1v) is 9.22. The molecule has 2 nitrogen and oxygen atoms in total. The van der Waals surface area contributed by atoms with Gasteiger partial charge in [-0.05, 0) is 55.8 Å². The first-order valence-electron chi connectivity index (χ1n) is 9.22. The van der Waals surface area contributed by atoms with Crippen LogP contribution in [0.3, 0.4) is 0 Å². The average molecular weight is 299 g/mol. The van der Waals surface area contributed by atoms with E-state index >= 15 is 0 Å². The summed E-state index contributed by atoms with van der Waals surface area (Å²) in [4.78, 5) is 0. The summed E-state index contributed by atoms with van der Waals surface area (Å²) in [6.45, 7) is 0. The summed E-state index contributed by atoms with van der Waals surface area (Å²) in [5, 5.41) is 14.0. The van der Waals surface area contributed by atoms with E-state index in [0.29, 0.717) is 0 Å². The van der Waals surface area contributed by atoms with Crippen molar-refractivity contribution in [2.24, 2.45) is 10.8 Å². The molecule has 0 aromatic carbocycles. The van der Waals surface area contributed by atoms with Gasteiger partial charge in [-0.2, -0.15) is 0 Å². The van der Waals surface area contributed by atoms with Gasteiger partial charge in [0.1, 0.15) is 0 Å². The lowest BCUT2D eigenvalue weighted by Gasteiger charge is -2.38. The highest BCUT2D eigenvalue weighted by molar-refractivity contribution is 4.98. The first kappa shape index (κ1) is 19.0. The second-order valence-electron chi connectivity index (χ2n) is 7.51. The Labute approximate surface area is 132 Å². The van der Waals surface area contributed by atoms with Crippen molar-refractivity contribution in [2.45, 2.75) is 96.3 Å². The molecule has 0 aromatic heterocycles. The fraction of sp³-hybridized carbons (Fsp3) is 1.00. The summed E-state index contributed by atoms with van der Waals surface area (Å²) in [5.41, 5.74) is 1.65. The average Bonchev–Trinajstić information content (AvgIpc) is 2.88. The van der Waals surface area contributed by atoms with E-state index in [1.165, 1.54) is 51.4 Å². The Balaban J connectivity index is 0.000000510. The molecule has 0 saturated heterocycles. The number of aliphatic hydroxyl groups excluding tert-OH is 2. The largest absolute Gasteiger partial charge is 0.400 e. The molecule has 0 heterocycles. The minimum Gasteiger partial charge on any atom is -0.400 e. The van der Waals surface area contributed by atoms with E-state index in [9.17, 15) is 0 Å². The molecule has 0 unspecified atom stereocenters. The second-order valence-corrected chi connectivity index (χ2v) is 7.51. The third-order valence-electron chi connectivity index (χ3n) is 6.26. The van der Waals surface area contributed by atoms with Crippen LogP contribution in [0.2, 0.25) is 0 Å². The van der Waals surface area contributed by atoms with Crippen LogP contribution in [0.5, 0.6) is 0 Å². The van der Waals surface area contributed by atoms with E-state index in [-0.39, 0.29) is 0 Å². The Morgan fingerprint density at radius 2 is 0.714 bits per heavy atom. The molecule has 0 amide bonds. The summed E-state index contributed by atoms with van der Waals surface area (Å²) in [6, 6.07) is 0. The van der Waals surface area contributed by atoms with Gasteiger partial charge in [0.15, 0.2) is 0 Å². The summed E-state index contributed by atoms with van der Waals surface area (Å²) in [6.07, 6.45) is 23.4. The Morgan fingerprint density at radius 3 is 1.10 bits per heavy atom. The van der Waals surface area contributed by atoms with E-state index in [2.05, 4.69) is 0 Å². The van der Waals surface area contributed by atoms with Gasteiger partial charge < -0.3 is 10.2 Å². The lowest BCUT2D eigenvalue weighted by Crippen LogP contribution is -2.25. The Morgan fingerprint density at radius 1 is 0.429 bits per heavy atom. The van der Waals surface area contributed by atoms with Crippen LogP contribution < -0.4 is 0 Å². The fourth-order valence-electron chi connectivity index (χ4n) is 5.31. The molecule has 2 N–H and O–H groups in total. The van der Waals surface area contributed by atoms with Crippen molar-refractivity contribution < 1.29 is 10.2 Å². The van der Waals surface area contributed by atoms with Gasteiger partial charge in [-0.1, -0.05) is 51.4 Å². The molecular weight excluding hydrogens is 260 g/mol. The Kier molecular flexibility index (Phi) is 8.89.